The normalized spacial score (nSPS) is 10.9. The van der Waals surface area contributed by atoms with E-state index in [1.165, 1.54) is 0 Å². The molecule has 1 amide bonds. The number of carbonyl (C=O) groups excluding carboxylic acids is 1. The van der Waals surface area contributed by atoms with Gasteiger partial charge >= 0.3 is 0 Å². The third kappa shape index (κ3) is 3.96. The van der Waals surface area contributed by atoms with Crippen LogP contribution in [0.1, 0.15) is 10.4 Å². The number of carbonyl (C=O) groups is 1. The van der Waals surface area contributed by atoms with Crippen molar-refractivity contribution in [3.8, 4) is 10.6 Å². The molecular weight excluding hydrogens is 514 g/mol. The molecule has 1 N–H and O–H groups in total. The first-order valence-electron chi connectivity index (χ1n) is 7.93. The van der Waals surface area contributed by atoms with Crippen LogP contribution >= 0.6 is 57.1 Å². The number of para-hydroxylation sites is 1. The Hall–Kier alpha value is -1.67. The fraction of sp³-hybridized carbons (Fsp3) is 0. The van der Waals surface area contributed by atoms with Gasteiger partial charge in [0.05, 0.1) is 26.5 Å². The zero-order valence-electron chi connectivity index (χ0n) is 13.7. The van der Waals surface area contributed by atoms with Gasteiger partial charge in [-0.15, -0.1) is 11.3 Å². The Morgan fingerprint density at radius 1 is 1.04 bits per heavy atom. The van der Waals surface area contributed by atoms with Crippen molar-refractivity contribution in [1.82, 2.24) is 4.98 Å². The van der Waals surface area contributed by atoms with Crippen molar-refractivity contribution in [1.29, 1.82) is 0 Å². The van der Waals surface area contributed by atoms with Crippen molar-refractivity contribution < 1.29 is 4.79 Å². The van der Waals surface area contributed by atoms with Crippen molar-refractivity contribution in [3.05, 3.63) is 79.8 Å². The van der Waals surface area contributed by atoms with Crippen LogP contribution in [-0.4, -0.2) is 10.9 Å². The second-order valence-corrected chi connectivity index (χ2v) is 8.87. The second kappa shape index (κ2) is 7.75. The Morgan fingerprint density at radius 3 is 2.67 bits per heavy atom. The Balaban J connectivity index is 1.75. The number of anilines is 1. The number of halogens is 3. The topological polar surface area (TPSA) is 42.0 Å². The molecule has 7 heteroatoms. The van der Waals surface area contributed by atoms with Gasteiger partial charge < -0.3 is 5.32 Å². The molecule has 0 radical (unpaired) electrons. The highest BCUT2D eigenvalue weighted by Crippen LogP contribution is 2.36. The summed E-state index contributed by atoms with van der Waals surface area (Å²) in [7, 11) is 0. The molecule has 3 nitrogen and oxygen atoms in total. The third-order valence-electron chi connectivity index (χ3n) is 3.93. The molecule has 0 saturated carbocycles. The third-order valence-corrected chi connectivity index (χ3v) is 6.23. The predicted molar refractivity (Wildman–Crippen MR) is 122 cm³/mol. The Bertz CT molecular complexity index is 1140. The van der Waals surface area contributed by atoms with E-state index < -0.39 is 0 Å². The van der Waals surface area contributed by atoms with Crippen LogP contribution in [0.15, 0.2) is 60.7 Å². The van der Waals surface area contributed by atoms with E-state index >= 15 is 0 Å². The van der Waals surface area contributed by atoms with Crippen molar-refractivity contribution in [3.63, 3.8) is 0 Å². The minimum absolute atomic E-state index is 0.275. The van der Waals surface area contributed by atoms with E-state index in [0.717, 1.165) is 24.4 Å². The largest absolute Gasteiger partial charge is 0.321 e. The van der Waals surface area contributed by atoms with Gasteiger partial charge in [0, 0.05) is 14.2 Å². The summed E-state index contributed by atoms with van der Waals surface area (Å²) in [5, 5.41) is 4.72. The van der Waals surface area contributed by atoms with Gasteiger partial charge in [-0.3, -0.25) is 4.79 Å². The average Bonchev–Trinajstić information content (AvgIpc) is 3.09. The smallest absolute Gasteiger partial charge is 0.257 e. The predicted octanol–water partition coefficient (Wildman–Crippen LogP) is 7.13. The van der Waals surface area contributed by atoms with Crippen molar-refractivity contribution in [2.24, 2.45) is 0 Å². The molecule has 0 unspecified atom stereocenters. The van der Waals surface area contributed by atoms with Gasteiger partial charge in [0.25, 0.3) is 5.91 Å². The lowest BCUT2D eigenvalue weighted by Gasteiger charge is -2.11. The minimum atomic E-state index is -0.275. The first-order valence-corrected chi connectivity index (χ1v) is 10.6. The van der Waals surface area contributed by atoms with E-state index in [2.05, 4.69) is 32.9 Å². The molecule has 4 aromatic rings. The van der Waals surface area contributed by atoms with Gasteiger partial charge in [-0.05, 0) is 71.1 Å². The lowest BCUT2D eigenvalue weighted by molar-refractivity contribution is 0.102. The van der Waals surface area contributed by atoms with Gasteiger partial charge in [-0.1, -0.05) is 35.3 Å². The summed E-state index contributed by atoms with van der Waals surface area (Å²) in [4.78, 5) is 17.5. The maximum absolute atomic E-state index is 12.8. The lowest BCUT2D eigenvalue weighted by atomic mass is 10.1. The van der Waals surface area contributed by atoms with E-state index in [1.54, 1.807) is 35.6 Å². The van der Waals surface area contributed by atoms with Crippen LogP contribution in [0.2, 0.25) is 10.0 Å². The quantitative estimate of drug-likeness (QED) is 0.290. The van der Waals surface area contributed by atoms with Crippen LogP contribution in [0.3, 0.4) is 0 Å². The molecular formula is C20H11Cl2IN2OS. The van der Waals surface area contributed by atoms with Crippen molar-refractivity contribution in [2.45, 2.75) is 0 Å². The molecule has 3 aromatic carbocycles. The highest BCUT2D eigenvalue weighted by Gasteiger charge is 2.16. The minimum Gasteiger partial charge on any atom is -0.321 e. The summed E-state index contributed by atoms with van der Waals surface area (Å²) in [6.07, 6.45) is 0. The molecule has 0 spiro atoms. The maximum Gasteiger partial charge on any atom is 0.257 e. The van der Waals surface area contributed by atoms with Crippen LogP contribution in [0.25, 0.3) is 20.8 Å². The molecule has 1 aromatic heterocycles. The number of amides is 1. The van der Waals surface area contributed by atoms with Gasteiger partial charge in [0.2, 0.25) is 0 Å². The second-order valence-electron chi connectivity index (χ2n) is 5.75. The molecule has 0 bridgehead atoms. The molecule has 27 heavy (non-hydrogen) atoms. The number of thiazole rings is 1. The summed E-state index contributed by atoms with van der Waals surface area (Å²) in [5.74, 6) is -0.275. The standard InChI is InChI=1S/C20H11Cl2IN2OS/c21-11-5-8-16(24-19(26)13-10-12(23)6-7-15(13)22)14(9-11)20-25-17-3-1-2-4-18(17)27-20/h1-10H,(H,24,26). The van der Waals surface area contributed by atoms with Gasteiger partial charge in [-0.2, -0.15) is 0 Å². The fourth-order valence-corrected chi connectivity index (χ4v) is 4.51. The van der Waals surface area contributed by atoms with E-state index in [-0.39, 0.29) is 5.91 Å². The highest BCUT2D eigenvalue weighted by molar-refractivity contribution is 14.1. The number of fused-ring (bicyclic) bond motifs is 1. The Labute approximate surface area is 183 Å². The zero-order valence-corrected chi connectivity index (χ0v) is 18.2. The number of aromatic nitrogens is 1. The molecule has 0 saturated heterocycles. The van der Waals surface area contributed by atoms with Gasteiger partial charge in [0.1, 0.15) is 5.01 Å². The molecule has 0 aliphatic heterocycles. The van der Waals surface area contributed by atoms with Gasteiger partial charge in [0.15, 0.2) is 0 Å². The summed E-state index contributed by atoms with van der Waals surface area (Å²) < 4.78 is 2.01. The number of rotatable bonds is 3. The molecule has 0 atom stereocenters. The number of nitrogens with one attached hydrogen (secondary N) is 1. The molecule has 0 aliphatic rings. The van der Waals surface area contributed by atoms with Crippen LogP contribution in [-0.2, 0) is 0 Å². The number of benzene rings is 3. The van der Waals surface area contributed by atoms with Crippen LogP contribution in [0.5, 0.6) is 0 Å². The van der Waals surface area contributed by atoms with Crippen LogP contribution in [0.4, 0.5) is 5.69 Å². The van der Waals surface area contributed by atoms with E-state index in [1.807, 2.05) is 36.4 Å². The van der Waals surface area contributed by atoms with E-state index in [9.17, 15) is 4.79 Å². The van der Waals surface area contributed by atoms with Crippen LogP contribution < -0.4 is 5.32 Å². The van der Waals surface area contributed by atoms with Crippen LogP contribution in [0, 0.1) is 3.57 Å². The van der Waals surface area contributed by atoms with E-state index in [4.69, 9.17) is 23.2 Å². The SMILES string of the molecule is O=C(Nc1ccc(Cl)cc1-c1nc2ccccc2s1)c1cc(I)ccc1Cl. The van der Waals surface area contributed by atoms with Crippen molar-refractivity contribution in [2.75, 3.05) is 5.32 Å². The molecule has 0 aliphatic carbocycles. The summed E-state index contributed by atoms with van der Waals surface area (Å²) in [5.41, 5.74) is 2.75. The lowest BCUT2D eigenvalue weighted by Crippen LogP contribution is -2.13. The Morgan fingerprint density at radius 2 is 1.85 bits per heavy atom. The molecule has 1 heterocycles. The fourth-order valence-electron chi connectivity index (χ4n) is 2.65. The summed E-state index contributed by atoms with van der Waals surface area (Å²) >= 11 is 16.1. The zero-order chi connectivity index (χ0) is 19.0. The summed E-state index contributed by atoms with van der Waals surface area (Å²) in [6.45, 7) is 0. The van der Waals surface area contributed by atoms with Crippen molar-refractivity contribution >= 4 is 78.9 Å². The molecule has 134 valence electrons. The Kier molecular flexibility index (Phi) is 5.36. The van der Waals surface area contributed by atoms with E-state index in [0.29, 0.717) is 21.3 Å². The number of hydrogen-bond acceptors (Lipinski definition) is 3. The first kappa shape index (κ1) is 18.7. The summed E-state index contributed by atoms with van der Waals surface area (Å²) in [6, 6.07) is 18.6. The van der Waals surface area contributed by atoms with Gasteiger partial charge in [-0.25, -0.2) is 4.98 Å². The number of nitrogens with zero attached hydrogens (tertiary/aromatic N) is 1. The average molecular weight is 525 g/mol. The molecule has 0 fully saturated rings. The maximum atomic E-state index is 12.8. The first-order chi connectivity index (χ1) is 13.0. The monoisotopic (exact) mass is 524 g/mol. The highest BCUT2D eigenvalue weighted by atomic mass is 127. The molecule has 4 rings (SSSR count). The number of hydrogen-bond donors (Lipinski definition) is 1.